The van der Waals surface area contributed by atoms with Crippen LogP contribution >= 0.6 is 0 Å². The van der Waals surface area contributed by atoms with Crippen molar-refractivity contribution in [2.75, 3.05) is 0 Å². The quantitative estimate of drug-likeness (QED) is 0.868. The molecule has 3 heteroatoms. The average Bonchev–Trinajstić information content (AvgIpc) is 2.81. The number of rotatable bonds is 4. The van der Waals surface area contributed by atoms with E-state index in [1.165, 1.54) is 32.6 Å². The predicted octanol–water partition coefficient (Wildman–Crippen LogP) is 2.64. The molecule has 0 atom stereocenters. The number of hydrogen-bond acceptors (Lipinski definition) is 2. The fourth-order valence-electron chi connectivity index (χ4n) is 2.11. The molecule has 1 aliphatic carbocycles. The van der Waals surface area contributed by atoms with Crippen molar-refractivity contribution in [2.24, 2.45) is 0 Å². The third-order valence-corrected chi connectivity index (χ3v) is 3.07. The molecule has 1 aromatic carbocycles. The van der Waals surface area contributed by atoms with Gasteiger partial charge in [-0.05, 0) is 43.4 Å². The van der Waals surface area contributed by atoms with Crippen molar-refractivity contribution in [3.05, 3.63) is 29.8 Å². The van der Waals surface area contributed by atoms with E-state index in [9.17, 15) is 4.79 Å². The predicted molar refractivity (Wildman–Crippen MR) is 66.8 cm³/mol. The Kier molecular flexibility index (Phi) is 4.02. The van der Waals surface area contributed by atoms with Gasteiger partial charge in [-0.3, -0.25) is 4.79 Å². The van der Waals surface area contributed by atoms with Crippen LogP contribution in [0.3, 0.4) is 0 Å². The molecule has 1 fully saturated rings. The highest BCUT2D eigenvalue weighted by Gasteiger charge is 2.16. The van der Waals surface area contributed by atoms with E-state index in [4.69, 9.17) is 4.74 Å². The number of carbonyl (C=O) groups is 1. The maximum atomic E-state index is 10.8. The zero-order chi connectivity index (χ0) is 12.1. The molecule has 1 amide bonds. The van der Waals surface area contributed by atoms with Gasteiger partial charge in [0.1, 0.15) is 5.75 Å². The second-order valence-electron chi connectivity index (χ2n) is 4.58. The van der Waals surface area contributed by atoms with Crippen molar-refractivity contribution in [2.45, 2.75) is 45.3 Å². The highest BCUT2D eigenvalue weighted by Crippen LogP contribution is 2.24. The van der Waals surface area contributed by atoms with Crippen LogP contribution in [0.4, 0.5) is 0 Å². The molecule has 0 saturated heterocycles. The number of nitrogens with one attached hydrogen (secondary N) is 1. The normalized spacial score (nSPS) is 15.8. The zero-order valence-electron chi connectivity index (χ0n) is 10.2. The van der Waals surface area contributed by atoms with Crippen molar-refractivity contribution in [1.29, 1.82) is 0 Å². The largest absolute Gasteiger partial charge is 0.490 e. The maximum Gasteiger partial charge on any atom is 0.217 e. The summed E-state index contributed by atoms with van der Waals surface area (Å²) in [6.45, 7) is 2.11. The van der Waals surface area contributed by atoms with Crippen LogP contribution in [0.5, 0.6) is 5.75 Å². The lowest BCUT2D eigenvalue weighted by molar-refractivity contribution is -0.119. The van der Waals surface area contributed by atoms with Gasteiger partial charge >= 0.3 is 0 Å². The minimum Gasteiger partial charge on any atom is -0.490 e. The van der Waals surface area contributed by atoms with Crippen LogP contribution in [0.15, 0.2) is 24.3 Å². The van der Waals surface area contributed by atoms with E-state index >= 15 is 0 Å². The number of amides is 1. The molecule has 92 valence electrons. The molecule has 1 aromatic rings. The van der Waals surface area contributed by atoms with Gasteiger partial charge < -0.3 is 10.1 Å². The van der Waals surface area contributed by atoms with Crippen LogP contribution in [-0.2, 0) is 11.3 Å². The number of hydrogen-bond donors (Lipinski definition) is 1. The molecule has 3 nitrogen and oxygen atoms in total. The van der Waals surface area contributed by atoms with Crippen molar-refractivity contribution in [3.63, 3.8) is 0 Å². The average molecular weight is 233 g/mol. The van der Waals surface area contributed by atoms with Gasteiger partial charge in [-0.15, -0.1) is 0 Å². The molecule has 2 rings (SSSR count). The van der Waals surface area contributed by atoms with Gasteiger partial charge in [-0.25, -0.2) is 0 Å². The first-order chi connectivity index (χ1) is 8.24. The highest BCUT2D eigenvalue weighted by atomic mass is 16.5. The molecule has 1 saturated carbocycles. The summed E-state index contributed by atoms with van der Waals surface area (Å²) in [4.78, 5) is 10.8. The number of ether oxygens (including phenoxy) is 1. The summed E-state index contributed by atoms with van der Waals surface area (Å²) in [5.41, 5.74) is 1.10. The Balaban J connectivity index is 1.86. The SMILES string of the molecule is CC(=O)NCc1ccc(OC2CCCC2)cc1. The summed E-state index contributed by atoms with van der Waals surface area (Å²) in [6, 6.07) is 7.96. The van der Waals surface area contributed by atoms with Gasteiger partial charge in [0.05, 0.1) is 6.10 Å². The summed E-state index contributed by atoms with van der Waals surface area (Å²) in [6.07, 6.45) is 5.31. The zero-order valence-corrected chi connectivity index (χ0v) is 10.2. The topological polar surface area (TPSA) is 38.3 Å². The molecular weight excluding hydrogens is 214 g/mol. The van der Waals surface area contributed by atoms with E-state index in [1.54, 1.807) is 0 Å². The Morgan fingerprint density at radius 2 is 1.94 bits per heavy atom. The van der Waals surface area contributed by atoms with E-state index in [-0.39, 0.29) is 5.91 Å². The lowest BCUT2D eigenvalue weighted by Crippen LogP contribution is -2.18. The monoisotopic (exact) mass is 233 g/mol. The highest BCUT2D eigenvalue weighted by molar-refractivity contribution is 5.72. The summed E-state index contributed by atoms with van der Waals surface area (Å²) >= 11 is 0. The van der Waals surface area contributed by atoms with E-state index < -0.39 is 0 Å². The maximum absolute atomic E-state index is 10.8. The van der Waals surface area contributed by atoms with Gasteiger partial charge in [-0.1, -0.05) is 12.1 Å². The first kappa shape index (κ1) is 12.0. The molecule has 0 heterocycles. The van der Waals surface area contributed by atoms with E-state index in [0.29, 0.717) is 12.6 Å². The van der Waals surface area contributed by atoms with E-state index in [2.05, 4.69) is 5.32 Å². The lowest BCUT2D eigenvalue weighted by atomic mass is 10.2. The van der Waals surface area contributed by atoms with Crippen LogP contribution in [0.25, 0.3) is 0 Å². The van der Waals surface area contributed by atoms with Gasteiger partial charge in [0, 0.05) is 13.5 Å². The van der Waals surface area contributed by atoms with Gasteiger partial charge in [0.2, 0.25) is 5.91 Å². The number of carbonyl (C=O) groups excluding carboxylic acids is 1. The minimum atomic E-state index is -0.00344. The smallest absolute Gasteiger partial charge is 0.217 e. The Hall–Kier alpha value is -1.51. The number of benzene rings is 1. The second kappa shape index (κ2) is 5.71. The van der Waals surface area contributed by atoms with Crippen LogP contribution in [0, 0.1) is 0 Å². The Morgan fingerprint density at radius 1 is 1.29 bits per heavy atom. The Bertz CT molecular complexity index is 366. The summed E-state index contributed by atoms with van der Waals surface area (Å²) < 4.78 is 5.87. The van der Waals surface area contributed by atoms with E-state index in [1.807, 2.05) is 24.3 Å². The van der Waals surface area contributed by atoms with Gasteiger partial charge in [0.25, 0.3) is 0 Å². The van der Waals surface area contributed by atoms with Crippen molar-refractivity contribution < 1.29 is 9.53 Å². The van der Waals surface area contributed by atoms with Crippen LogP contribution < -0.4 is 10.1 Å². The molecule has 0 radical (unpaired) electrons. The molecule has 0 spiro atoms. The summed E-state index contributed by atoms with van der Waals surface area (Å²) in [7, 11) is 0. The molecule has 0 aromatic heterocycles. The molecule has 17 heavy (non-hydrogen) atoms. The first-order valence-electron chi connectivity index (χ1n) is 6.24. The lowest BCUT2D eigenvalue weighted by Gasteiger charge is -2.13. The van der Waals surface area contributed by atoms with Gasteiger partial charge in [-0.2, -0.15) is 0 Å². The van der Waals surface area contributed by atoms with Gasteiger partial charge in [0.15, 0.2) is 0 Å². The molecule has 0 unspecified atom stereocenters. The van der Waals surface area contributed by atoms with Crippen molar-refractivity contribution >= 4 is 5.91 Å². The summed E-state index contributed by atoms with van der Waals surface area (Å²) in [5, 5.41) is 2.77. The fourth-order valence-corrected chi connectivity index (χ4v) is 2.11. The summed E-state index contributed by atoms with van der Waals surface area (Å²) in [5.74, 6) is 0.930. The van der Waals surface area contributed by atoms with Crippen LogP contribution in [0.2, 0.25) is 0 Å². The molecule has 1 N–H and O–H groups in total. The van der Waals surface area contributed by atoms with Crippen molar-refractivity contribution in [3.8, 4) is 5.75 Å². The van der Waals surface area contributed by atoms with Crippen molar-refractivity contribution in [1.82, 2.24) is 5.32 Å². The van der Waals surface area contributed by atoms with Crippen LogP contribution in [-0.4, -0.2) is 12.0 Å². The Labute approximate surface area is 102 Å². The Morgan fingerprint density at radius 3 is 2.53 bits per heavy atom. The standard InChI is InChI=1S/C14H19NO2/c1-11(16)15-10-12-6-8-14(9-7-12)17-13-4-2-3-5-13/h6-9,13H,2-5,10H2,1H3,(H,15,16). The molecule has 1 aliphatic rings. The molecule has 0 aliphatic heterocycles. The van der Waals surface area contributed by atoms with E-state index in [0.717, 1.165) is 11.3 Å². The molecule has 0 bridgehead atoms. The van der Waals surface area contributed by atoms with Crippen LogP contribution in [0.1, 0.15) is 38.2 Å². The second-order valence-corrected chi connectivity index (χ2v) is 4.58. The molecular formula is C14H19NO2. The first-order valence-corrected chi connectivity index (χ1v) is 6.24. The fraction of sp³-hybridized carbons (Fsp3) is 0.500. The third kappa shape index (κ3) is 3.77. The third-order valence-electron chi connectivity index (χ3n) is 3.07. The minimum absolute atomic E-state index is 0.00344.